The van der Waals surface area contributed by atoms with Crippen molar-refractivity contribution in [2.75, 3.05) is 13.6 Å². The number of carbonyl (C=O) groups is 3. The lowest BCUT2D eigenvalue weighted by Gasteiger charge is -2.22. The molecule has 110 valence electrons. The fourth-order valence-corrected chi connectivity index (χ4v) is 1.45. The molecule has 0 aliphatic rings. The van der Waals surface area contributed by atoms with Crippen molar-refractivity contribution in [3.63, 3.8) is 0 Å². The van der Waals surface area contributed by atoms with Gasteiger partial charge in [-0.2, -0.15) is 0 Å². The molecule has 0 heterocycles. The van der Waals surface area contributed by atoms with Gasteiger partial charge in [0.2, 0.25) is 5.91 Å². The Balaban J connectivity index is 4.24. The van der Waals surface area contributed by atoms with Gasteiger partial charge >= 0.3 is 12.0 Å². The van der Waals surface area contributed by atoms with Crippen LogP contribution in [0.3, 0.4) is 0 Å². The van der Waals surface area contributed by atoms with Crippen molar-refractivity contribution in [1.29, 1.82) is 0 Å². The lowest BCUT2D eigenvalue weighted by molar-refractivity contribution is -0.137. The number of rotatable bonds is 7. The Kier molecular flexibility index (Phi) is 7.55. The molecule has 1 atom stereocenters. The third kappa shape index (κ3) is 8.01. The van der Waals surface area contributed by atoms with E-state index < -0.39 is 18.0 Å². The number of urea groups is 1. The first kappa shape index (κ1) is 17.2. The van der Waals surface area contributed by atoms with E-state index in [1.165, 1.54) is 11.9 Å². The van der Waals surface area contributed by atoms with Crippen LogP contribution in [-0.4, -0.2) is 53.6 Å². The highest BCUT2D eigenvalue weighted by Crippen LogP contribution is 1.99. The van der Waals surface area contributed by atoms with E-state index in [0.717, 1.165) is 0 Å². The second-order valence-electron chi connectivity index (χ2n) is 4.73. The Bertz CT molecular complexity index is 331. The number of nitrogens with one attached hydrogen (secondary N) is 2. The molecule has 7 nitrogen and oxygen atoms in total. The molecule has 3 N–H and O–H groups in total. The Labute approximate surface area is 113 Å². The van der Waals surface area contributed by atoms with Crippen molar-refractivity contribution in [2.45, 2.75) is 45.7 Å². The molecule has 0 aliphatic heterocycles. The summed E-state index contributed by atoms with van der Waals surface area (Å²) in [6.07, 6.45) is 0.387. The molecule has 0 fully saturated rings. The van der Waals surface area contributed by atoms with Crippen molar-refractivity contribution < 1.29 is 19.5 Å². The van der Waals surface area contributed by atoms with E-state index in [1.54, 1.807) is 6.92 Å². The highest BCUT2D eigenvalue weighted by molar-refractivity contribution is 5.84. The fraction of sp³-hybridized carbons (Fsp3) is 0.750. The van der Waals surface area contributed by atoms with Gasteiger partial charge in [-0.05, 0) is 20.3 Å². The van der Waals surface area contributed by atoms with Crippen LogP contribution in [0.4, 0.5) is 4.79 Å². The number of amides is 3. The van der Waals surface area contributed by atoms with Gasteiger partial charge in [0, 0.05) is 19.1 Å². The number of carbonyl (C=O) groups excluding carboxylic acids is 2. The quantitative estimate of drug-likeness (QED) is 0.625. The Morgan fingerprint density at radius 3 is 2.21 bits per heavy atom. The van der Waals surface area contributed by atoms with Gasteiger partial charge in [0.05, 0.1) is 6.42 Å². The second kappa shape index (κ2) is 8.34. The minimum atomic E-state index is -0.965. The summed E-state index contributed by atoms with van der Waals surface area (Å²) in [4.78, 5) is 35.0. The summed E-state index contributed by atoms with van der Waals surface area (Å²) in [5, 5.41) is 13.9. The Morgan fingerprint density at radius 2 is 1.79 bits per heavy atom. The SMILES string of the molecule is CCC(CC(=O)O)NC(=O)N(C)CC(=O)NC(C)C. The van der Waals surface area contributed by atoms with Crippen LogP contribution in [-0.2, 0) is 9.59 Å². The zero-order valence-corrected chi connectivity index (χ0v) is 11.9. The minimum Gasteiger partial charge on any atom is -0.481 e. The van der Waals surface area contributed by atoms with Gasteiger partial charge in [0.1, 0.15) is 6.54 Å². The minimum absolute atomic E-state index is 0.0133. The van der Waals surface area contributed by atoms with E-state index in [4.69, 9.17) is 5.11 Å². The van der Waals surface area contributed by atoms with Crippen molar-refractivity contribution in [2.24, 2.45) is 0 Å². The van der Waals surface area contributed by atoms with Crippen molar-refractivity contribution in [1.82, 2.24) is 15.5 Å². The number of nitrogens with zero attached hydrogens (tertiary/aromatic N) is 1. The number of hydrogen-bond acceptors (Lipinski definition) is 3. The van der Waals surface area contributed by atoms with Crippen LogP contribution in [0.1, 0.15) is 33.6 Å². The topological polar surface area (TPSA) is 98.7 Å². The molecule has 0 aromatic rings. The summed E-state index contributed by atoms with van der Waals surface area (Å²) in [5.74, 6) is -1.22. The summed E-state index contributed by atoms with van der Waals surface area (Å²) in [6, 6.07) is -0.869. The Morgan fingerprint density at radius 1 is 1.21 bits per heavy atom. The molecule has 0 bridgehead atoms. The van der Waals surface area contributed by atoms with Gasteiger partial charge in [-0.25, -0.2) is 4.79 Å². The molecule has 1 unspecified atom stereocenters. The number of carboxylic acids is 1. The summed E-state index contributed by atoms with van der Waals surface area (Å²) in [6.45, 7) is 5.39. The van der Waals surface area contributed by atoms with E-state index in [9.17, 15) is 14.4 Å². The molecule has 0 radical (unpaired) electrons. The molecule has 19 heavy (non-hydrogen) atoms. The molecule has 0 aromatic heterocycles. The first-order valence-electron chi connectivity index (χ1n) is 6.29. The summed E-state index contributed by atoms with van der Waals surface area (Å²) < 4.78 is 0. The average molecular weight is 273 g/mol. The van der Waals surface area contributed by atoms with E-state index >= 15 is 0 Å². The van der Waals surface area contributed by atoms with Gasteiger partial charge in [-0.1, -0.05) is 6.92 Å². The molecular formula is C12H23N3O4. The van der Waals surface area contributed by atoms with Crippen LogP contribution in [0.15, 0.2) is 0 Å². The van der Waals surface area contributed by atoms with Gasteiger partial charge in [0.25, 0.3) is 0 Å². The zero-order chi connectivity index (χ0) is 15.0. The van der Waals surface area contributed by atoms with E-state index in [2.05, 4.69) is 10.6 Å². The van der Waals surface area contributed by atoms with Gasteiger partial charge in [-0.15, -0.1) is 0 Å². The largest absolute Gasteiger partial charge is 0.481 e. The third-order valence-electron chi connectivity index (χ3n) is 2.42. The standard InChI is InChI=1S/C12H23N3O4/c1-5-9(6-11(17)18)14-12(19)15(4)7-10(16)13-8(2)3/h8-9H,5-7H2,1-4H3,(H,13,16)(H,14,19)(H,17,18). The monoisotopic (exact) mass is 273 g/mol. The van der Waals surface area contributed by atoms with E-state index in [1.807, 2.05) is 13.8 Å². The van der Waals surface area contributed by atoms with Crippen LogP contribution in [0, 0.1) is 0 Å². The van der Waals surface area contributed by atoms with Crippen molar-refractivity contribution in [3.8, 4) is 0 Å². The van der Waals surface area contributed by atoms with Crippen molar-refractivity contribution in [3.05, 3.63) is 0 Å². The zero-order valence-electron chi connectivity index (χ0n) is 11.9. The highest BCUT2D eigenvalue weighted by Gasteiger charge is 2.18. The van der Waals surface area contributed by atoms with Crippen LogP contribution < -0.4 is 10.6 Å². The van der Waals surface area contributed by atoms with E-state index in [-0.39, 0.29) is 24.9 Å². The van der Waals surface area contributed by atoms with E-state index in [0.29, 0.717) is 6.42 Å². The summed E-state index contributed by atoms with van der Waals surface area (Å²) in [5.41, 5.74) is 0. The third-order valence-corrected chi connectivity index (χ3v) is 2.42. The predicted molar refractivity (Wildman–Crippen MR) is 70.8 cm³/mol. The van der Waals surface area contributed by atoms with Gasteiger partial charge in [-0.3, -0.25) is 9.59 Å². The Hall–Kier alpha value is -1.79. The number of aliphatic carboxylic acids is 1. The number of carboxylic acid groups (broad SMARTS) is 1. The highest BCUT2D eigenvalue weighted by atomic mass is 16.4. The van der Waals surface area contributed by atoms with Crippen LogP contribution >= 0.6 is 0 Å². The predicted octanol–water partition coefficient (Wildman–Crippen LogP) is 0.406. The maximum Gasteiger partial charge on any atom is 0.317 e. The molecule has 0 saturated heterocycles. The maximum absolute atomic E-state index is 11.8. The van der Waals surface area contributed by atoms with Crippen molar-refractivity contribution >= 4 is 17.9 Å². The lowest BCUT2D eigenvalue weighted by Crippen LogP contribution is -2.47. The molecule has 3 amide bonds. The van der Waals surface area contributed by atoms with Crippen LogP contribution in [0.5, 0.6) is 0 Å². The molecule has 0 aliphatic carbocycles. The molecule has 0 saturated carbocycles. The second-order valence-corrected chi connectivity index (χ2v) is 4.73. The summed E-state index contributed by atoms with van der Waals surface area (Å²) in [7, 11) is 1.49. The first-order valence-corrected chi connectivity index (χ1v) is 6.29. The molecule has 0 aromatic carbocycles. The lowest BCUT2D eigenvalue weighted by atomic mass is 10.1. The number of likely N-dealkylation sites (N-methyl/N-ethyl adjacent to an activating group) is 1. The molecule has 0 spiro atoms. The molecular weight excluding hydrogens is 250 g/mol. The molecule has 0 rings (SSSR count). The molecule has 7 heteroatoms. The maximum atomic E-state index is 11.8. The first-order chi connectivity index (χ1) is 8.76. The van der Waals surface area contributed by atoms with Crippen LogP contribution in [0.2, 0.25) is 0 Å². The fourth-order valence-electron chi connectivity index (χ4n) is 1.45. The number of hydrogen-bond donors (Lipinski definition) is 3. The van der Waals surface area contributed by atoms with Gasteiger partial charge in [0.15, 0.2) is 0 Å². The summed E-state index contributed by atoms with van der Waals surface area (Å²) >= 11 is 0. The average Bonchev–Trinajstić information content (AvgIpc) is 2.25. The van der Waals surface area contributed by atoms with Crippen LogP contribution in [0.25, 0.3) is 0 Å². The smallest absolute Gasteiger partial charge is 0.317 e. The normalized spacial score (nSPS) is 11.8. The van der Waals surface area contributed by atoms with Gasteiger partial charge < -0.3 is 20.6 Å².